The van der Waals surface area contributed by atoms with E-state index in [1.54, 1.807) is 0 Å². The second kappa shape index (κ2) is 6.53. The molecule has 2 aliphatic rings. The molecule has 2 fully saturated rings. The number of benzene rings is 1. The van der Waals surface area contributed by atoms with Crippen LogP contribution in [0.25, 0.3) is 0 Å². The monoisotopic (exact) mass is 289 g/mol. The van der Waals surface area contributed by atoms with Crippen molar-refractivity contribution in [3.8, 4) is 0 Å². The van der Waals surface area contributed by atoms with Crippen molar-refractivity contribution in [2.75, 3.05) is 0 Å². The van der Waals surface area contributed by atoms with E-state index in [0.29, 0.717) is 0 Å². The highest BCUT2D eigenvalue weighted by Gasteiger charge is 2.21. The quantitative estimate of drug-likeness (QED) is 0.826. The maximum atomic E-state index is 3.60. The van der Waals surface area contributed by atoms with E-state index in [1.165, 1.54) is 54.5 Å². The Morgan fingerprint density at radius 3 is 2.75 bits per heavy atom. The Kier molecular flexibility index (Phi) is 4.72. The molecule has 2 atom stereocenters. The highest BCUT2D eigenvalue weighted by molar-refractivity contribution is 8.00. The van der Waals surface area contributed by atoms with Crippen LogP contribution in [0.3, 0.4) is 0 Å². The van der Waals surface area contributed by atoms with E-state index in [2.05, 4.69) is 49.1 Å². The molecule has 0 radical (unpaired) electrons. The van der Waals surface area contributed by atoms with Crippen LogP contribution in [0.4, 0.5) is 0 Å². The summed E-state index contributed by atoms with van der Waals surface area (Å²) in [5, 5.41) is 4.44. The van der Waals surface area contributed by atoms with Gasteiger partial charge in [-0.25, -0.2) is 0 Å². The van der Waals surface area contributed by atoms with Gasteiger partial charge < -0.3 is 5.32 Å². The number of thioether (sulfide) groups is 1. The molecule has 0 heterocycles. The van der Waals surface area contributed by atoms with Crippen molar-refractivity contribution >= 4 is 11.8 Å². The molecule has 2 aliphatic carbocycles. The molecular weight excluding hydrogens is 262 g/mol. The zero-order valence-corrected chi connectivity index (χ0v) is 13.6. The fourth-order valence-electron chi connectivity index (χ4n) is 3.17. The van der Waals surface area contributed by atoms with Crippen LogP contribution < -0.4 is 5.32 Å². The maximum absolute atomic E-state index is 3.60. The van der Waals surface area contributed by atoms with Gasteiger partial charge in [0, 0.05) is 22.7 Å². The minimum absolute atomic E-state index is 0.799. The molecule has 0 amide bonds. The maximum Gasteiger partial charge on any atom is 0.0208 e. The molecule has 1 aromatic rings. The normalized spacial score (nSPS) is 26.7. The van der Waals surface area contributed by atoms with Gasteiger partial charge >= 0.3 is 0 Å². The topological polar surface area (TPSA) is 12.0 Å². The Balaban J connectivity index is 1.58. The summed E-state index contributed by atoms with van der Waals surface area (Å²) in [6.07, 6.45) is 8.39. The van der Waals surface area contributed by atoms with Crippen molar-refractivity contribution in [1.82, 2.24) is 5.32 Å². The van der Waals surface area contributed by atoms with E-state index < -0.39 is 0 Å². The van der Waals surface area contributed by atoms with Gasteiger partial charge in [0.2, 0.25) is 0 Å². The number of rotatable bonds is 5. The van der Waals surface area contributed by atoms with Gasteiger partial charge in [0.15, 0.2) is 0 Å². The molecular formula is C18H27NS. The number of hydrogen-bond acceptors (Lipinski definition) is 2. The van der Waals surface area contributed by atoms with Gasteiger partial charge in [-0.05, 0) is 55.7 Å². The van der Waals surface area contributed by atoms with E-state index in [-0.39, 0.29) is 0 Å². The second-order valence-corrected chi connectivity index (χ2v) is 8.11. The van der Waals surface area contributed by atoms with Crippen LogP contribution in [0.15, 0.2) is 23.1 Å². The van der Waals surface area contributed by atoms with Gasteiger partial charge in [0.1, 0.15) is 0 Å². The first-order chi connectivity index (χ1) is 9.70. The van der Waals surface area contributed by atoms with E-state index in [0.717, 1.165) is 23.8 Å². The van der Waals surface area contributed by atoms with E-state index in [4.69, 9.17) is 0 Å². The molecule has 20 heavy (non-hydrogen) atoms. The smallest absolute Gasteiger partial charge is 0.0208 e. The molecule has 2 saturated carbocycles. The van der Waals surface area contributed by atoms with Gasteiger partial charge in [0.05, 0.1) is 0 Å². The Morgan fingerprint density at radius 1 is 1.20 bits per heavy atom. The largest absolute Gasteiger partial charge is 0.310 e. The Bertz CT molecular complexity index is 453. The van der Waals surface area contributed by atoms with Crippen molar-refractivity contribution in [1.29, 1.82) is 0 Å². The predicted octanol–water partition coefficient (Wildman–Crippen LogP) is 4.92. The summed E-state index contributed by atoms with van der Waals surface area (Å²) in [5.74, 6) is 0.920. The first kappa shape index (κ1) is 14.5. The highest BCUT2D eigenvalue weighted by atomic mass is 32.2. The van der Waals surface area contributed by atoms with Gasteiger partial charge in [-0.15, -0.1) is 11.8 Å². The fraction of sp³-hybridized carbons (Fsp3) is 0.667. The fourth-order valence-corrected chi connectivity index (χ4v) is 4.63. The molecule has 0 bridgehead atoms. The third kappa shape index (κ3) is 4.02. The third-order valence-corrected chi connectivity index (χ3v) is 6.07. The molecule has 0 spiro atoms. The van der Waals surface area contributed by atoms with Crippen molar-refractivity contribution in [3.63, 3.8) is 0 Å². The molecule has 3 rings (SSSR count). The van der Waals surface area contributed by atoms with Crippen LogP contribution in [-0.4, -0.2) is 11.3 Å². The average Bonchev–Trinajstić information content (AvgIpc) is 3.23. The number of nitrogens with one attached hydrogen (secondary N) is 1. The Hall–Kier alpha value is -0.470. The molecule has 1 nitrogen and oxygen atoms in total. The zero-order chi connectivity index (χ0) is 13.9. The molecule has 110 valence electrons. The van der Waals surface area contributed by atoms with Gasteiger partial charge in [-0.2, -0.15) is 0 Å². The Morgan fingerprint density at radius 2 is 2.05 bits per heavy atom. The van der Waals surface area contributed by atoms with Crippen LogP contribution in [0.2, 0.25) is 0 Å². The van der Waals surface area contributed by atoms with Gasteiger partial charge in [-0.3, -0.25) is 0 Å². The standard InChI is InChI=1S/C18H27NS/c1-13-4-3-5-17(10-13)20-18-9-6-15(11-14(18)2)12-19-16-7-8-16/h6,9,11,13,16-17,19H,3-5,7-8,10,12H2,1-2H3. The first-order valence-electron chi connectivity index (χ1n) is 8.20. The van der Waals surface area contributed by atoms with Crippen LogP contribution in [-0.2, 0) is 6.54 Å². The highest BCUT2D eigenvalue weighted by Crippen LogP contribution is 2.37. The van der Waals surface area contributed by atoms with Gasteiger partial charge in [0.25, 0.3) is 0 Å². The van der Waals surface area contributed by atoms with Crippen molar-refractivity contribution < 1.29 is 0 Å². The van der Waals surface area contributed by atoms with Crippen LogP contribution >= 0.6 is 11.8 Å². The molecule has 0 saturated heterocycles. The number of hydrogen-bond donors (Lipinski definition) is 1. The lowest BCUT2D eigenvalue weighted by molar-refractivity contribution is 0.394. The summed E-state index contributed by atoms with van der Waals surface area (Å²) in [6.45, 7) is 5.72. The van der Waals surface area contributed by atoms with Crippen molar-refractivity contribution in [3.05, 3.63) is 29.3 Å². The lowest BCUT2D eigenvalue weighted by Crippen LogP contribution is -2.16. The molecule has 2 heteroatoms. The molecule has 2 unspecified atom stereocenters. The van der Waals surface area contributed by atoms with E-state index in [1.807, 2.05) is 0 Å². The lowest BCUT2D eigenvalue weighted by atomic mass is 9.91. The summed E-state index contributed by atoms with van der Waals surface area (Å²) in [6, 6.07) is 7.84. The summed E-state index contributed by atoms with van der Waals surface area (Å²) < 4.78 is 0. The SMILES string of the molecule is Cc1cc(CNC2CC2)ccc1SC1CCCC(C)C1. The Labute approximate surface area is 127 Å². The molecule has 0 aliphatic heterocycles. The van der Waals surface area contributed by atoms with Crippen LogP contribution in [0.5, 0.6) is 0 Å². The minimum atomic E-state index is 0.799. The second-order valence-electron chi connectivity index (χ2n) is 6.77. The zero-order valence-electron chi connectivity index (χ0n) is 12.8. The number of aryl methyl sites for hydroxylation is 1. The minimum Gasteiger partial charge on any atom is -0.310 e. The van der Waals surface area contributed by atoms with Gasteiger partial charge in [-0.1, -0.05) is 31.9 Å². The van der Waals surface area contributed by atoms with E-state index >= 15 is 0 Å². The van der Waals surface area contributed by atoms with Crippen molar-refractivity contribution in [2.24, 2.45) is 5.92 Å². The molecule has 1 aromatic carbocycles. The lowest BCUT2D eigenvalue weighted by Gasteiger charge is -2.26. The predicted molar refractivity (Wildman–Crippen MR) is 88.3 cm³/mol. The average molecular weight is 289 g/mol. The molecule has 0 aromatic heterocycles. The molecule has 1 N–H and O–H groups in total. The summed E-state index contributed by atoms with van der Waals surface area (Å²) >= 11 is 2.12. The third-order valence-electron chi connectivity index (χ3n) is 4.59. The summed E-state index contributed by atoms with van der Waals surface area (Å²) in [5.41, 5.74) is 2.90. The first-order valence-corrected chi connectivity index (χ1v) is 9.08. The van der Waals surface area contributed by atoms with Crippen molar-refractivity contribution in [2.45, 2.75) is 75.1 Å². The van der Waals surface area contributed by atoms with E-state index in [9.17, 15) is 0 Å². The van der Waals surface area contributed by atoms with Crippen LogP contribution in [0, 0.1) is 12.8 Å². The summed E-state index contributed by atoms with van der Waals surface area (Å²) in [4.78, 5) is 1.50. The van der Waals surface area contributed by atoms with Crippen LogP contribution in [0.1, 0.15) is 56.6 Å². The summed E-state index contributed by atoms with van der Waals surface area (Å²) in [7, 11) is 0.